The molecule has 0 fully saturated rings. The quantitative estimate of drug-likeness (QED) is 0.371. The Hall–Kier alpha value is -5.18. The Morgan fingerprint density at radius 3 is 2.64 bits per heavy atom. The summed E-state index contributed by atoms with van der Waals surface area (Å²) in [6.45, 7) is 0.163. The fourth-order valence-electron chi connectivity index (χ4n) is 4.41. The van der Waals surface area contributed by atoms with Crippen LogP contribution < -0.4 is 20.1 Å². The summed E-state index contributed by atoms with van der Waals surface area (Å²) in [5.74, 6) is 3.08. The molecule has 0 radical (unpaired) electrons. The number of benzene rings is 3. The van der Waals surface area contributed by atoms with Gasteiger partial charge in [0.05, 0.1) is 11.4 Å². The van der Waals surface area contributed by atoms with E-state index in [1.165, 1.54) is 0 Å². The van der Waals surface area contributed by atoms with Crippen LogP contribution in [0.5, 0.6) is 11.5 Å². The number of hydrogen-bond acceptors (Lipinski definition) is 7. The standard InChI is InChI=1S/C27H18N6O3/c34-27(17-9-12-22-23(14-17)36-15-35-22)29-18-10-7-16(8-11-18)25-31-32-26-19-4-1-2-5-20(19)30-24-21(33(25)26)6-3-13-28-24/h1-14H,15H2,(H,28,30)(H,29,34). The summed E-state index contributed by atoms with van der Waals surface area (Å²) < 4.78 is 12.7. The molecular weight excluding hydrogens is 456 g/mol. The van der Waals surface area contributed by atoms with Gasteiger partial charge in [-0.25, -0.2) is 4.98 Å². The number of anilines is 3. The molecule has 3 aromatic carbocycles. The Balaban J connectivity index is 1.23. The van der Waals surface area contributed by atoms with Gasteiger partial charge in [0.25, 0.3) is 5.91 Å². The lowest BCUT2D eigenvalue weighted by Crippen LogP contribution is -2.11. The van der Waals surface area contributed by atoms with Gasteiger partial charge in [0.1, 0.15) is 0 Å². The first kappa shape index (κ1) is 20.2. The molecule has 4 heterocycles. The van der Waals surface area contributed by atoms with Crippen molar-refractivity contribution in [3.63, 3.8) is 0 Å². The van der Waals surface area contributed by atoms with Crippen LogP contribution in [-0.4, -0.2) is 32.4 Å². The molecule has 5 aromatic rings. The van der Waals surface area contributed by atoms with E-state index in [0.29, 0.717) is 28.6 Å². The van der Waals surface area contributed by atoms with Crippen molar-refractivity contribution in [1.82, 2.24) is 19.7 Å². The van der Waals surface area contributed by atoms with Gasteiger partial charge in [-0.05, 0) is 66.7 Å². The number of pyridine rings is 1. The van der Waals surface area contributed by atoms with Gasteiger partial charge in [-0.15, -0.1) is 10.2 Å². The Kier molecular flexibility index (Phi) is 4.46. The minimum atomic E-state index is -0.236. The van der Waals surface area contributed by atoms with Gasteiger partial charge in [0.2, 0.25) is 6.79 Å². The molecule has 2 aliphatic rings. The maximum Gasteiger partial charge on any atom is 0.255 e. The van der Waals surface area contributed by atoms with Gasteiger partial charge in [-0.1, -0.05) is 12.1 Å². The van der Waals surface area contributed by atoms with E-state index >= 15 is 0 Å². The fraction of sp³-hybridized carbons (Fsp3) is 0.0370. The summed E-state index contributed by atoms with van der Waals surface area (Å²) in [6, 6.07) is 24.4. The molecule has 2 N–H and O–H groups in total. The van der Waals surface area contributed by atoms with Crippen molar-refractivity contribution >= 4 is 23.1 Å². The predicted molar refractivity (Wildman–Crippen MR) is 134 cm³/mol. The molecule has 36 heavy (non-hydrogen) atoms. The summed E-state index contributed by atoms with van der Waals surface area (Å²) in [4.78, 5) is 17.3. The van der Waals surface area contributed by atoms with Crippen molar-refractivity contribution in [2.45, 2.75) is 0 Å². The van der Waals surface area contributed by atoms with Crippen LogP contribution in [-0.2, 0) is 0 Å². The monoisotopic (exact) mass is 474 g/mol. The van der Waals surface area contributed by atoms with Gasteiger partial charge in [0, 0.05) is 28.6 Å². The molecule has 0 saturated carbocycles. The minimum Gasteiger partial charge on any atom is -0.454 e. The summed E-state index contributed by atoms with van der Waals surface area (Å²) >= 11 is 0. The highest BCUT2D eigenvalue weighted by Crippen LogP contribution is 2.39. The van der Waals surface area contributed by atoms with Crippen molar-refractivity contribution in [2.24, 2.45) is 0 Å². The molecule has 2 aliphatic heterocycles. The molecule has 0 saturated heterocycles. The molecular formula is C27H18N6O3. The largest absolute Gasteiger partial charge is 0.454 e. The molecule has 0 aliphatic carbocycles. The highest BCUT2D eigenvalue weighted by atomic mass is 16.7. The Labute approximate surface area is 205 Å². The van der Waals surface area contributed by atoms with Crippen LogP contribution in [0.4, 0.5) is 17.2 Å². The maximum absolute atomic E-state index is 12.8. The SMILES string of the molecule is O=C(Nc1ccc(-c2nnc3n2-c2cccnc2Nc2ccccc2-3)cc1)c1ccc2c(c1)OCO2. The van der Waals surface area contributed by atoms with Gasteiger partial charge in [-0.3, -0.25) is 9.36 Å². The van der Waals surface area contributed by atoms with E-state index in [9.17, 15) is 4.79 Å². The second kappa shape index (κ2) is 7.95. The topological polar surface area (TPSA) is 103 Å². The van der Waals surface area contributed by atoms with Crippen LogP contribution >= 0.6 is 0 Å². The number of rotatable bonds is 3. The zero-order chi connectivity index (χ0) is 24.1. The zero-order valence-electron chi connectivity index (χ0n) is 18.8. The summed E-state index contributed by atoms with van der Waals surface area (Å²) in [5, 5.41) is 15.4. The number of fused-ring (bicyclic) bond motifs is 6. The average Bonchev–Trinajstić information content (AvgIpc) is 3.54. The molecule has 0 bridgehead atoms. The van der Waals surface area contributed by atoms with Crippen molar-refractivity contribution in [3.8, 4) is 40.0 Å². The van der Waals surface area contributed by atoms with E-state index < -0.39 is 0 Å². The minimum absolute atomic E-state index is 0.163. The first-order valence-electron chi connectivity index (χ1n) is 11.3. The number of nitrogens with zero attached hydrogens (tertiary/aromatic N) is 4. The molecule has 2 aromatic heterocycles. The number of nitrogens with one attached hydrogen (secondary N) is 2. The van der Waals surface area contributed by atoms with Crippen LogP contribution in [0.25, 0.3) is 28.5 Å². The Morgan fingerprint density at radius 2 is 1.72 bits per heavy atom. The first-order chi connectivity index (χ1) is 17.7. The molecule has 0 atom stereocenters. The normalized spacial score (nSPS) is 12.6. The van der Waals surface area contributed by atoms with E-state index in [1.54, 1.807) is 24.4 Å². The number of aromatic nitrogens is 4. The van der Waals surface area contributed by atoms with E-state index in [1.807, 2.05) is 65.2 Å². The molecule has 0 spiro atoms. The van der Waals surface area contributed by atoms with Gasteiger partial charge in [0.15, 0.2) is 29.0 Å². The van der Waals surface area contributed by atoms with Crippen molar-refractivity contribution in [2.75, 3.05) is 17.4 Å². The van der Waals surface area contributed by atoms with E-state index in [-0.39, 0.29) is 12.7 Å². The number of hydrogen-bond donors (Lipinski definition) is 2. The number of amides is 1. The zero-order valence-corrected chi connectivity index (χ0v) is 18.8. The van der Waals surface area contributed by atoms with Crippen LogP contribution in [0.3, 0.4) is 0 Å². The van der Waals surface area contributed by atoms with E-state index in [2.05, 4.69) is 25.8 Å². The molecule has 174 valence electrons. The molecule has 7 rings (SSSR count). The second-order valence-corrected chi connectivity index (χ2v) is 8.32. The van der Waals surface area contributed by atoms with Crippen molar-refractivity contribution < 1.29 is 14.3 Å². The lowest BCUT2D eigenvalue weighted by molar-refractivity contribution is 0.102. The molecule has 1 amide bonds. The Morgan fingerprint density at radius 1 is 0.889 bits per heavy atom. The predicted octanol–water partition coefficient (Wildman–Crippen LogP) is 5.03. The molecule has 9 heteroatoms. The highest BCUT2D eigenvalue weighted by Gasteiger charge is 2.25. The number of carbonyl (C=O) groups is 1. The fourth-order valence-corrected chi connectivity index (χ4v) is 4.41. The third-order valence-electron chi connectivity index (χ3n) is 6.15. The third-order valence-corrected chi connectivity index (χ3v) is 6.15. The van der Waals surface area contributed by atoms with E-state index in [0.717, 1.165) is 34.1 Å². The molecule has 9 nitrogen and oxygen atoms in total. The van der Waals surface area contributed by atoms with Crippen molar-refractivity contribution in [3.05, 3.63) is 90.6 Å². The lowest BCUT2D eigenvalue weighted by atomic mass is 10.1. The second-order valence-electron chi connectivity index (χ2n) is 8.32. The van der Waals surface area contributed by atoms with Crippen LogP contribution in [0.15, 0.2) is 85.1 Å². The van der Waals surface area contributed by atoms with Gasteiger partial charge in [-0.2, -0.15) is 0 Å². The van der Waals surface area contributed by atoms with E-state index in [4.69, 9.17) is 9.47 Å². The maximum atomic E-state index is 12.8. The smallest absolute Gasteiger partial charge is 0.255 e. The number of carbonyl (C=O) groups excluding carboxylic acids is 1. The third kappa shape index (κ3) is 3.25. The summed E-state index contributed by atoms with van der Waals surface area (Å²) in [7, 11) is 0. The number of ether oxygens (including phenoxy) is 2. The van der Waals surface area contributed by atoms with Crippen molar-refractivity contribution in [1.29, 1.82) is 0 Å². The number of para-hydroxylation sites is 1. The first-order valence-corrected chi connectivity index (χ1v) is 11.3. The van der Waals surface area contributed by atoms with Crippen LogP contribution in [0.1, 0.15) is 10.4 Å². The molecule has 0 unspecified atom stereocenters. The lowest BCUT2D eigenvalue weighted by Gasteiger charge is -2.11. The van der Waals surface area contributed by atoms with Crippen LogP contribution in [0.2, 0.25) is 0 Å². The summed E-state index contributed by atoms with van der Waals surface area (Å²) in [5.41, 5.74) is 4.69. The highest BCUT2D eigenvalue weighted by molar-refractivity contribution is 6.04. The Bertz CT molecular complexity index is 1640. The van der Waals surface area contributed by atoms with Gasteiger partial charge >= 0.3 is 0 Å². The summed E-state index contributed by atoms with van der Waals surface area (Å²) in [6.07, 6.45) is 1.75. The van der Waals surface area contributed by atoms with Gasteiger partial charge < -0.3 is 20.1 Å². The average molecular weight is 474 g/mol. The van der Waals surface area contributed by atoms with Crippen LogP contribution in [0, 0.1) is 0 Å².